The number of ether oxygens (including phenoxy) is 2. The highest BCUT2D eigenvalue weighted by Gasteiger charge is 2.43. The molecule has 0 saturated carbocycles. The van der Waals surface area contributed by atoms with Crippen molar-refractivity contribution in [3.8, 4) is 0 Å². The third kappa shape index (κ3) is 1.27. The van der Waals surface area contributed by atoms with Crippen molar-refractivity contribution in [2.75, 3.05) is 6.54 Å². The summed E-state index contributed by atoms with van der Waals surface area (Å²) in [6.45, 7) is 6.81. The second kappa shape index (κ2) is 2.54. The molecule has 2 aliphatic heterocycles. The average Bonchev–Trinajstić information content (AvgIpc) is 2.25. The van der Waals surface area contributed by atoms with Crippen molar-refractivity contribution in [1.82, 2.24) is 0 Å². The predicted molar refractivity (Wildman–Crippen MR) is 46.4 cm³/mol. The molecule has 2 aliphatic rings. The van der Waals surface area contributed by atoms with Crippen molar-refractivity contribution >= 4 is 5.71 Å². The highest BCUT2D eigenvalue weighted by Crippen LogP contribution is 2.32. The van der Waals surface area contributed by atoms with Gasteiger partial charge in [-0.15, -0.1) is 0 Å². The van der Waals surface area contributed by atoms with Crippen molar-refractivity contribution in [2.24, 2.45) is 4.99 Å². The van der Waals surface area contributed by atoms with Gasteiger partial charge in [0.2, 0.25) is 0 Å². The van der Waals surface area contributed by atoms with E-state index in [0.717, 1.165) is 18.7 Å². The number of nitrogens with zero attached hydrogens (tertiary/aromatic N) is 1. The fraction of sp³-hybridized carbons (Fsp3) is 0.889. The van der Waals surface area contributed by atoms with Crippen molar-refractivity contribution < 1.29 is 9.47 Å². The summed E-state index contributed by atoms with van der Waals surface area (Å²) in [6, 6.07) is 0. The lowest BCUT2D eigenvalue weighted by molar-refractivity contribution is -0.141. The third-order valence-corrected chi connectivity index (χ3v) is 2.37. The van der Waals surface area contributed by atoms with Gasteiger partial charge in [-0.3, -0.25) is 4.99 Å². The fourth-order valence-corrected chi connectivity index (χ4v) is 1.86. The Labute approximate surface area is 72.8 Å². The van der Waals surface area contributed by atoms with Gasteiger partial charge < -0.3 is 9.47 Å². The molecule has 0 aliphatic carbocycles. The maximum absolute atomic E-state index is 5.72. The molecule has 3 heteroatoms. The number of aliphatic imine (C=N–C) groups is 1. The molecular formula is C9H15NO2. The first kappa shape index (κ1) is 8.20. The number of hydrogen-bond donors (Lipinski definition) is 0. The lowest BCUT2D eigenvalue weighted by Gasteiger charge is -2.20. The van der Waals surface area contributed by atoms with Gasteiger partial charge in [0.15, 0.2) is 5.79 Å². The number of rotatable bonds is 0. The van der Waals surface area contributed by atoms with Crippen LogP contribution in [0.15, 0.2) is 4.99 Å². The minimum Gasteiger partial charge on any atom is -0.344 e. The fourth-order valence-electron chi connectivity index (χ4n) is 1.86. The smallest absolute Gasteiger partial charge is 0.164 e. The van der Waals surface area contributed by atoms with Crippen molar-refractivity contribution in [1.29, 1.82) is 0 Å². The molecule has 0 aromatic rings. The first-order valence-corrected chi connectivity index (χ1v) is 4.45. The van der Waals surface area contributed by atoms with Gasteiger partial charge in [-0.25, -0.2) is 0 Å². The van der Waals surface area contributed by atoms with Crippen LogP contribution in [0.5, 0.6) is 0 Å². The average molecular weight is 169 g/mol. The van der Waals surface area contributed by atoms with Crippen LogP contribution in [0.25, 0.3) is 0 Å². The summed E-state index contributed by atoms with van der Waals surface area (Å²) in [7, 11) is 0. The van der Waals surface area contributed by atoms with Crippen molar-refractivity contribution in [3.63, 3.8) is 0 Å². The van der Waals surface area contributed by atoms with Crippen LogP contribution >= 0.6 is 0 Å². The standard InChI is InChI=1S/C9H15NO2/c1-6-8-7(4-5-10-6)11-9(2,3)12-8/h7-8H,4-5H2,1-3H3. The summed E-state index contributed by atoms with van der Waals surface area (Å²) in [5.41, 5.74) is 1.08. The summed E-state index contributed by atoms with van der Waals surface area (Å²) < 4.78 is 11.4. The summed E-state index contributed by atoms with van der Waals surface area (Å²) in [5.74, 6) is -0.420. The van der Waals surface area contributed by atoms with Gasteiger partial charge >= 0.3 is 0 Å². The monoisotopic (exact) mass is 169 g/mol. The Morgan fingerprint density at radius 2 is 2.17 bits per heavy atom. The van der Waals surface area contributed by atoms with Crippen LogP contribution in [0.2, 0.25) is 0 Å². The molecule has 1 fully saturated rings. The molecular weight excluding hydrogens is 154 g/mol. The maximum atomic E-state index is 5.72. The topological polar surface area (TPSA) is 30.8 Å². The van der Waals surface area contributed by atoms with E-state index in [2.05, 4.69) is 4.99 Å². The third-order valence-electron chi connectivity index (χ3n) is 2.37. The van der Waals surface area contributed by atoms with Gasteiger partial charge in [-0.2, -0.15) is 0 Å². The Hall–Kier alpha value is -0.410. The first-order valence-electron chi connectivity index (χ1n) is 4.45. The molecule has 0 aromatic heterocycles. The Morgan fingerprint density at radius 3 is 2.83 bits per heavy atom. The van der Waals surface area contributed by atoms with Gasteiger partial charge in [0.1, 0.15) is 6.10 Å². The zero-order valence-electron chi connectivity index (χ0n) is 7.83. The van der Waals surface area contributed by atoms with Gasteiger partial charge in [0.25, 0.3) is 0 Å². The molecule has 12 heavy (non-hydrogen) atoms. The molecule has 2 atom stereocenters. The Morgan fingerprint density at radius 1 is 1.42 bits per heavy atom. The highest BCUT2D eigenvalue weighted by atomic mass is 16.8. The summed E-state index contributed by atoms with van der Waals surface area (Å²) in [4.78, 5) is 4.35. The van der Waals surface area contributed by atoms with E-state index in [4.69, 9.17) is 9.47 Å². The molecule has 3 nitrogen and oxygen atoms in total. The van der Waals surface area contributed by atoms with E-state index in [9.17, 15) is 0 Å². The predicted octanol–water partition coefficient (Wildman–Crippen LogP) is 1.37. The molecule has 0 amide bonds. The number of hydrogen-bond acceptors (Lipinski definition) is 3. The number of fused-ring (bicyclic) bond motifs is 1. The van der Waals surface area contributed by atoms with E-state index in [1.165, 1.54) is 0 Å². The minimum atomic E-state index is -0.420. The Bertz CT molecular complexity index is 223. The molecule has 0 spiro atoms. The normalized spacial score (nSPS) is 39.1. The van der Waals surface area contributed by atoms with E-state index >= 15 is 0 Å². The van der Waals surface area contributed by atoms with Crippen LogP contribution in [0.4, 0.5) is 0 Å². The first-order chi connectivity index (χ1) is 5.58. The molecule has 2 rings (SSSR count). The van der Waals surface area contributed by atoms with Crippen LogP contribution in [0.1, 0.15) is 27.2 Å². The van der Waals surface area contributed by atoms with Gasteiger partial charge in [-0.1, -0.05) is 0 Å². The highest BCUT2D eigenvalue weighted by molar-refractivity contribution is 5.87. The molecule has 68 valence electrons. The van der Waals surface area contributed by atoms with Crippen LogP contribution in [0.3, 0.4) is 0 Å². The molecule has 1 saturated heterocycles. The molecule has 0 radical (unpaired) electrons. The zero-order chi connectivity index (χ0) is 8.77. The quantitative estimate of drug-likeness (QED) is 0.548. The maximum Gasteiger partial charge on any atom is 0.164 e. The lowest BCUT2D eigenvalue weighted by Crippen LogP contribution is -2.34. The van der Waals surface area contributed by atoms with Gasteiger partial charge in [0, 0.05) is 12.3 Å². The second-order valence-corrected chi connectivity index (χ2v) is 3.91. The van der Waals surface area contributed by atoms with Gasteiger partial charge in [0.05, 0.1) is 6.10 Å². The van der Waals surface area contributed by atoms with E-state index in [1.54, 1.807) is 0 Å². The molecule has 0 bridgehead atoms. The largest absolute Gasteiger partial charge is 0.344 e. The Kier molecular flexibility index (Phi) is 1.73. The summed E-state index contributed by atoms with van der Waals surface area (Å²) in [5, 5.41) is 0. The van der Waals surface area contributed by atoms with E-state index < -0.39 is 5.79 Å². The van der Waals surface area contributed by atoms with Crippen molar-refractivity contribution in [3.05, 3.63) is 0 Å². The molecule has 0 N–H and O–H groups in total. The van der Waals surface area contributed by atoms with Crippen LogP contribution in [-0.2, 0) is 9.47 Å². The molecule has 2 unspecified atom stereocenters. The van der Waals surface area contributed by atoms with Crippen molar-refractivity contribution in [2.45, 2.75) is 45.2 Å². The second-order valence-electron chi connectivity index (χ2n) is 3.91. The SMILES string of the molecule is CC1=NCCC2OC(C)(C)OC12. The van der Waals surface area contributed by atoms with E-state index in [1.807, 2.05) is 20.8 Å². The zero-order valence-corrected chi connectivity index (χ0v) is 7.83. The van der Waals surface area contributed by atoms with Crippen LogP contribution < -0.4 is 0 Å². The molecule has 0 aromatic carbocycles. The Balaban J connectivity index is 2.18. The summed E-state index contributed by atoms with van der Waals surface area (Å²) >= 11 is 0. The van der Waals surface area contributed by atoms with E-state index in [0.29, 0.717) is 0 Å². The summed E-state index contributed by atoms with van der Waals surface area (Å²) in [6.07, 6.45) is 1.33. The van der Waals surface area contributed by atoms with Crippen LogP contribution in [0, 0.1) is 0 Å². The van der Waals surface area contributed by atoms with Gasteiger partial charge in [-0.05, 0) is 27.2 Å². The minimum absolute atomic E-state index is 0.105. The van der Waals surface area contributed by atoms with Crippen LogP contribution in [-0.4, -0.2) is 30.3 Å². The van der Waals surface area contributed by atoms with E-state index in [-0.39, 0.29) is 12.2 Å². The molecule has 2 heterocycles. The lowest BCUT2D eigenvalue weighted by atomic mass is 10.0.